The molecule has 0 aromatic heterocycles. The van der Waals surface area contributed by atoms with Crippen LogP contribution >= 0.6 is 158 Å². The normalized spacial score (nSPS) is 8.11. The van der Waals surface area contributed by atoms with Crippen LogP contribution in [-0.2, 0) is 4.74 Å². The Morgan fingerprint density at radius 3 is 1.14 bits per heavy atom. The summed E-state index contributed by atoms with van der Waals surface area (Å²) in [5.74, 6) is -3.91. The Morgan fingerprint density at radius 2 is 1.14 bits per heavy atom. The molecule has 0 aliphatic carbocycles. The van der Waals surface area contributed by atoms with E-state index in [0.717, 1.165) is -0.0619 Å². The summed E-state index contributed by atoms with van der Waals surface area (Å²) in [7, 11) is 1.17. The van der Waals surface area contributed by atoms with Gasteiger partial charge in [-0.05, 0) is 4.93 Å². The first-order valence-corrected chi connectivity index (χ1v) is 16.1. The highest BCUT2D eigenvalue weighted by molar-refractivity contribution is 14.3. The van der Waals surface area contributed by atoms with Crippen LogP contribution in [0.4, 0.5) is 26.3 Å². The van der Waals surface area contributed by atoms with E-state index in [1.54, 1.807) is 0 Å². The second kappa shape index (κ2) is 44.6. The summed E-state index contributed by atoms with van der Waals surface area (Å²) in [6, 6.07) is 0. The quantitative estimate of drug-likeness (QED) is 0.0893. The molecule has 0 fully saturated rings. The van der Waals surface area contributed by atoms with Gasteiger partial charge in [0.1, 0.15) is 6.20 Å². The van der Waals surface area contributed by atoms with Crippen LogP contribution in [0.3, 0.4) is 0 Å². The third kappa shape index (κ3) is 98.7. The van der Waals surface area contributed by atoms with Gasteiger partial charge in [0.05, 0.1) is 9.54 Å². The van der Waals surface area contributed by atoms with Crippen molar-refractivity contribution in [2.75, 3.05) is 14.5 Å². The largest absolute Gasteiger partial charge is 0.499 e. The second-order valence-electron chi connectivity index (χ2n) is 2.38. The molecule has 2 N–H and O–H groups in total. The molecule has 0 amide bonds. The summed E-state index contributed by atoms with van der Waals surface area (Å²) >= 11 is 14.0. The molecule has 0 atom stereocenters. The summed E-state index contributed by atoms with van der Waals surface area (Å²) in [6.45, 7) is 10.2. The smallest absolute Gasteiger partial charge is 0.357 e. The fourth-order valence-electron chi connectivity index (χ4n) is 0.0891. The summed E-state index contributed by atoms with van der Waals surface area (Å²) in [6.07, 6.45) is -1.43. The van der Waals surface area contributed by atoms with Gasteiger partial charge in [-0.2, -0.15) is 26.3 Å². The molecule has 0 heterocycles. The Labute approximate surface area is 260 Å². The van der Waals surface area contributed by atoms with Crippen LogP contribution in [0.15, 0.2) is 25.5 Å². The summed E-state index contributed by atoms with van der Waals surface area (Å²) in [5.41, 5.74) is 0. The monoisotopic (exact) mass is 1220 g/mol. The molecular formula is C13H25F6I7O2. The number of halogens is 13. The molecule has 0 unspecified atom stereocenters. The molecule has 0 rings (SSSR count). The minimum Gasteiger partial charge on any atom is -0.499 e. The molecule has 0 bridgehead atoms. The molecule has 0 radical (unpaired) electrons. The third-order valence-corrected chi connectivity index (χ3v) is 1.65. The van der Waals surface area contributed by atoms with Crippen molar-refractivity contribution in [3.8, 4) is 0 Å². The van der Waals surface area contributed by atoms with Crippen LogP contribution < -0.4 is 0 Å². The molecule has 28 heavy (non-hydrogen) atoms. The molecule has 0 saturated carbocycles. The molecule has 0 aliphatic rings. The van der Waals surface area contributed by atoms with E-state index in [-0.39, 0.29) is 12.4 Å². The molecule has 15 heteroatoms. The zero-order valence-corrected chi connectivity index (χ0v) is 30.7. The van der Waals surface area contributed by atoms with Crippen LogP contribution in [0.25, 0.3) is 0 Å². The lowest BCUT2D eigenvalue weighted by molar-refractivity contribution is -0.125. The number of methoxy groups -OCH3 is 1. The van der Waals surface area contributed by atoms with Gasteiger partial charge in [0, 0.05) is 29.5 Å². The fourth-order valence-corrected chi connectivity index (χ4v) is 0.0891. The first kappa shape index (κ1) is 53.3. The van der Waals surface area contributed by atoms with Crippen molar-refractivity contribution in [1.29, 1.82) is 0 Å². The van der Waals surface area contributed by atoms with Gasteiger partial charge in [-0.25, -0.2) is 0 Å². The van der Waals surface area contributed by atoms with E-state index < -0.39 is 15.9 Å². The number of hydrogen-bond acceptors (Lipinski definition) is 1. The lowest BCUT2D eigenvalue weighted by atomic mass is 10.4. The number of hydrogen-bond donors (Lipinski definition) is 0. The van der Waals surface area contributed by atoms with Gasteiger partial charge in [0.15, 0.2) is 0 Å². The van der Waals surface area contributed by atoms with E-state index in [2.05, 4.69) is 153 Å². The standard InChI is InChI=1S/C3H3F4I.C3H4F2O.C2H6.C2H4.CHI3.CH2I2.CH3I.H2O/c1-2(4,5)3(6,7)8;1-6-2-3(4)5;2*1-2;2-1(3)4;2-1-3;1-2;/h1H3;2H,1H3;1-2H3;1-2H2;1H;1H2;1H3;1H2. The predicted molar refractivity (Wildman–Crippen MR) is 172 cm³/mol. The van der Waals surface area contributed by atoms with Gasteiger partial charge < -0.3 is 10.2 Å². The highest BCUT2D eigenvalue weighted by Gasteiger charge is 2.49. The maximum Gasteiger partial charge on any atom is 0.357 e. The minimum atomic E-state index is -3.93. The van der Waals surface area contributed by atoms with E-state index in [1.807, 2.05) is 18.8 Å². The van der Waals surface area contributed by atoms with Gasteiger partial charge in [-0.3, -0.25) is 0 Å². The number of rotatable bonds is 2. The molecule has 180 valence electrons. The number of alkyl halides is 11. The van der Waals surface area contributed by atoms with E-state index in [9.17, 15) is 26.3 Å². The van der Waals surface area contributed by atoms with Crippen molar-refractivity contribution in [2.24, 2.45) is 0 Å². The zero-order valence-electron chi connectivity index (χ0n) is 15.6. The summed E-state index contributed by atoms with van der Waals surface area (Å²) in [4.78, 5) is 1.97. The average molecular weight is 1220 g/mol. The lowest BCUT2D eigenvalue weighted by Crippen LogP contribution is -2.30. The topological polar surface area (TPSA) is 40.7 Å². The molecule has 0 aromatic carbocycles. The highest BCUT2D eigenvalue weighted by atomic mass is 127. The van der Waals surface area contributed by atoms with Gasteiger partial charge >= 0.3 is 15.9 Å². The van der Waals surface area contributed by atoms with Crippen LogP contribution in [-0.4, -0.2) is 29.7 Å². The number of ether oxygens (including phenoxy) is 1. The average Bonchev–Trinajstić information content (AvgIpc) is 2.52. The Bertz CT molecular complexity index is 248. The molecule has 0 aliphatic heterocycles. The molecule has 0 spiro atoms. The highest BCUT2D eigenvalue weighted by Crippen LogP contribution is 2.38. The Morgan fingerprint density at radius 1 is 1.00 bits per heavy atom. The van der Waals surface area contributed by atoms with Gasteiger partial charge in [0.2, 0.25) is 0 Å². The van der Waals surface area contributed by atoms with Crippen molar-refractivity contribution in [3.05, 3.63) is 25.5 Å². The van der Waals surface area contributed by atoms with Crippen LogP contribution in [0.5, 0.6) is 0 Å². The lowest BCUT2D eigenvalue weighted by Gasteiger charge is -2.15. The molecule has 0 aromatic rings. The van der Waals surface area contributed by atoms with Crippen LogP contribution in [0, 0.1) is 0 Å². The van der Waals surface area contributed by atoms with E-state index in [1.165, 1.54) is 9.54 Å². The summed E-state index contributed by atoms with van der Waals surface area (Å²) < 4.78 is 69.3. The van der Waals surface area contributed by atoms with Crippen molar-refractivity contribution in [2.45, 2.75) is 30.6 Å². The van der Waals surface area contributed by atoms with E-state index >= 15 is 0 Å². The van der Waals surface area contributed by atoms with Gasteiger partial charge in [-0.1, -0.05) is 149 Å². The predicted octanol–water partition coefficient (Wildman–Crippen LogP) is 10.5. The van der Waals surface area contributed by atoms with Crippen molar-refractivity contribution < 1.29 is 36.6 Å². The third-order valence-electron chi connectivity index (χ3n) is 0.705. The summed E-state index contributed by atoms with van der Waals surface area (Å²) in [5, 5.41) is 0. The molecule has 2 nitrogen and oxygen atoms in total. The van der Waals surface area contributed by atoms with Crippen molar-refractivity contribution in [1.82, 2.24) is 0 Å². The maximum atomic E-state index is 11.5. The van der Waals surface area contributed by atoms with Gasteiger partial charge in [0.25, 0.3) is 0 Å². The molecular weight excluding hydrogens is 1190 g/mol. The van der Waals surface area contributed by atoms with Crippen molar-refractivity contribution >= 4 is 158 Å². The van der Waals surface area contributed by atoms with Crippen LogP contribution in [0.1, 0.15) is 20.8 Å². The van der Waals surface area contributed by atoms with Gasteiger partial charge in [-0.15, -0.1) is 13.2 Å². The Kier molecular flexibility index (Phi) is 84.9. The maximum absolute atomic E-state index is 11.5. The SMILES string of the molecule is C=C.CC.CC(F)(F)C(F)(F)I.CI.COC=C(F)F.IC(I)I.ICI.O. The minimum absolute atomic E-state index is 0. The van der Waals surface area contributed by atoms with E-state index in [0.29, 0.717) is 28.9 Å². The van der Waals surface area contributed by atoms with Crippen molar-refractivity contribution in [3.63, 3.8) is 0 Å². The second-order valence-corrected chi connectivity index (χ2v) is 19.1. The molecule has 0 saturated heterocycles. The van der Waals surface area contributed by atoms with E-state index in [4.69, 9.17) is 0 Å². The Balaban J connectivity index is -0.0000000299. The first-order chi connectivity index (χ1) is 12.2. The Hall–Kier alpha value is 3.93. The fraction of sp³-hybridized carbons (Fsp3) is 0.692. The van der Waals surface area contributed by atoms with Crippen LogP contribution in [0.2, 0.25) is 0 Å². The zero-order chi connectivity index (χ0) is 24.3. The first-order valence-electron chi connectivity index (χ1n) is 6.07.